The number of carboxylic acids is 1. The van der Waals surface area contributed by atoms with Crippen LogP contribution in [-0.2, 0) is 19.8 Å². The minimum absolute atomic E-state index is 0.0872. The molecule has 2 amide bonds. The monoisotopic (exact) mass is 571 g/mol. The summed E-state index contributed by atoms with van der Waals surface area (Å²) in [6, 6.07) is 9.62. The van der Waals surface area contributed by atoms with E-state index in [9.17, 15) is 23.9 Å². The van der Waals surface area contributed by atoms with Gasteiger partial charge in [-0.25, -0.2) is 14.2 Å². The lowest BCUT2D eigenvalue weighted by atomic mass is 9.59. The number of rotatable bonds is 5. The Balaban J connectivity index is 1.82. The number of amides is 2. The number of aromatic nitrogens is 1. The molecular weight excluding hydrogens is 548 g/mol. The first kappa shape index (κ1) is 26.9. The van der Waals surface area contributed by atoms with Crippen molar-refractivity contribution < 1.29 is 28.6 Å². The zero-order valence-electron chi connectivity index (χ0n) is 21.1. The summed E-state index contributed by atoms with van der Waals surface area (Å²) >= 11 is 12.6. The minimum Gasteiger partial charge on any atom is -0.478 e. The zero-order valence-corrected chi connectivity index (χ0v) is 22.7. The number of anilines is 1. The number of halogens is 3. The number of pyridine rings is 1. The lowest BCUT2D eigenvalue weighted by molar-refractivity contribution is -0.152. The van der Waals surface area contributed by atoms with Crippen LogP contribution in [0.25, 0.3) is 0 Å². The molecule has 3 heterocycles. The van der Waals surface area contributed by atoms with Gasteiger partial charge in [-0.1, -0.05) is 35.3 Å². The molecule has 1 fully saturated rings. The number of carbonyl (C=O) groups excluding carboxylic acids is 2. The van der Waals surface area contributed by atoms with Crippen LogP contribution in [0.15, 0.2) is 48.7 Å². The molecule has 3 aromatic rings. The Kier molecular flexibility index (Phi) is 6.55. The first-order chi connectivity index (χ1) is 18.3. The van der Waals surface area contributed by atoms with E-state index in [-0.39, 0.29) is 22.9 Å². The van der Waals surface area contributed by atoms with Crippen LogP contribution >= 0.6 is 23.2 Å². The number of hydrogen-bond donors (Lipinski definition) is 3. The molecule has 3 N–H and O–H groups in total. The average Bonchev–Trinajstić information content (AvgIpc) is 3.14. The van der Waals surface area contributed by atoms with Crippen molar-refractivity contribution in [1.29, 1.82) is 0 Å². The first-order valence-electron chi connectivity index (χ1n) is 12.1. The number of nitrogens with one attached hydrogen (secondary N) is 2. The van der Waals surface area contributed by atoms with Gasteiger partial charge >= 0.3 is 5.97 Å². The fourth-order valence-corrected chi connectivity index (χ4v) is 5.84. The molecule has 1 aromatic heterocycles. The Hall–Kier alpha value is -3.69. The van der Waals surface area contributed by atoms with Crippen LogP contribution in [-0.4, -0.2) is 33.5 Å². The van der Waals surface area contributed by atoms with Crippen LogP contribution in [0.5, 0.6) is 5.88 Å². The van der Waals surface area contributed by atoms with Gasteiger partial charge in [-0.3, -0.25) is 9.59 Å². The second-order valence-corrected chi connectivity index (χ2v) is 11.1. The van der Waals surface area contributed by atoms with E-state index in [1.165, 1.54) is 38.2 Å². The number of piperidine rings is 1. The molecule has 0 unspecified atom stereocenters. The predicted molar refractivity (Wildman–Crippen MR) is 143 cm³/mol. The molecule has 11 heteroatoms. The van der Waals surface area contributed by atoms with E-state index in [0.717, 1.165) is 0 Å². The number of benzene rings is 2. The summed E-state index contributed by atoms with van der Waals surface area (Å²) in [6.07, 6.45) is 1.11. The molecule has 8 nitrogen and oxygen atoms in total. The van der Waals surface area contributed by atoms with Crippen molar-refractivity contribution in [3.05, 3.63) is 86.8 Å². The second kappa shape index (κ2) is 9.50. The van der Waals surface area contributed by atoms with Crippen molar-refractivity contribution in [2.45, 2.75) is 50.2 Å². The molecule has 0 radical (unpaired) electrons. The van der Waals surface area contributed by atoms with E-state index >= 15 is 0 Å². The van der Waals surface area contributed by atoms with Crippen molar-refractivity contribution in [2.24, 2.45) is 0 Å². The van der Waals surface area contributed by atoms with E-state index in [1.54, 1.807) is 31.2 Å². The second-order valence-electron chi connectivity index (χ2n) is 10.2. The SMILES string of the molecule is Cc1ccc(F)cc1[C@@H]1NC(=O)C[C@H](c2cc(Cl)cnc2OC(C)(C)C(=O)O)[C@@]12C(=O)Nc1cc(Cl)ccc12. The van der Waals surface area contributed by atoms with Gasteiger partial charge in [0.2, 0.25) is 23.3 Å². The molecule has 1 spiro atoms. The summed E-state index contributed by atoms with van der Waals surface area (Å²) in [5.74, 6) is -3.66. The van der Waals surface area contributed by atoms with Crippen molar-refractivity contribution in [3.8, 4) is 5.88 Å². The number of nitrogens with zero attached hydrogens (tertiary/aromatic N) is 1. The molecule has 202 valence electrons. The number of fused-ring (bicyclic) bond motifs is 2. The van der Waals surface area contributed by atoms with E-state index in [1.807, 2.05) is 0 Å². The van der Waals surface area contributed by atoms with Crippen molar-refractivity contribution in [2.75, 3.05) is 5.32 Å². The van der Waals surface area contributed by atoms with Crippen LogP contribution in [0.1, 0.15) is 54.5 Å². The maximum absolute atomic E-state index is 14.6. The summed E-state index contributed by atoms with van der Waals surface area (Å²) in [7, 11) is 0. The van der Waals surface area contributed by atoms with Gasteiger partial charge in [0.15, 0.2) is 0 Å². The molecular formula is C28H24Cl2FN3O5. The Morgan fingerprint density at radius 3 is 2.59 bits per heavy atom. The molecule has 0 bridgehead atoms. The van der Waals surface area contributed by atoms with E-state index in [0.29, 0.717) is 27.4 Å². The molecule has 2 aliphatic rings. The minimum atomic E-state index is -1.69. The number of carbonyl (C=O) groups is 3. The number of aliphatic carboxylic acids is 1. The fraction of sp³-hybridized carbons (Fsp3) is 0.286. The summed E-state index contributed by atoms with van der Waals surface area (Å²) in [6.45, 7) is 4.48. The fourth-order valence-electron chi connectivity index (χ4n) is 5.51. The van der Waals surface area contributed by atoms with Crippen LogP contribution < -0.4 is 15.4 Å². The van der Waals surface area contributed by atoms with Crippen molar-refractivity contribution in [3.63, 3.8) is 0 Å². The van der Waals surface area contributed by atoms with Gasteiger partial charge in [-0.05, 0) is 67.8 Å². The average molecular weight is 572 g/mol. The summed E-state index contributed by atoms with van der Waals surface area (Å²) < 4.78 is 20.4. The number of aryl methyl sites for hydroxylation is 1. The topological polar surface area (TPSA) is 118 Å². The van der Waals surface area contributed by atoms with Gasteiger partial charge in [-0.15, -0.1) is 0 Å². The highest BCUT2D eigenvalue weighted by atomic mass is 35.5. The Morgan fingerprint density at radius 1 is 1.13 bits per heavy atom. The van der Waals surface area contributed by atoms with Crippen molar-refractivity contribution in [1.82, 2.24) is 10.3 Å². The lowest BCUT2D eigenvalue weighted by Crippen LogP contribution is -2.57. The Labute approximate surface area is 233 Å². The van der Waals surface area contributed by atoms with E-state index in [4.69, 9.17) is 27.9 Å². The predicted octanol–water partition coefficient (Wildman–Crippen LogP) is 5.31. The van der Waals surface area contributed by atoms with Crippen LogP contribution in [0.4, 0.5) is 10.1 Å². The standard InChI is InChI=1S/C28H24Cl2FN3O5/c1-13-4-6-16(31)10-17(13)23-28(19-7-5-14(29)9-21(19)33-25(28)36)20(11-22(35)34-23)18-8-15(30)12-32-24(18)39-27(2,3)26(37)38/h4-10,12,20,23H,11H2,1-3H3,(H,33,36)(H,34,35)(H,37,38)/t20-,23+,28-/m1/s1. The molecule has 0 aliphatic carbocycles. The highest BCUT2D eigenvalue weighted by Crippen LogP contribution is 2.59. The van der Waals surface area contributed by atoms with Gasteiger partial charge < -0.3 is 20.5 Å². The highest BCUT2D eigenvalue weighted by molar-refractivity contribution is 6.31. The number of carboxylic acid groups (broad SMARTS) is 1. The van der Waals surface area contributed by atoms with Crippen LogP contribution in [0.3, 0.4) is 0 Å². The van der Waals surface area contributed by atoms with Crippen LogP contribution in [0, 0.1) is 12.7 Å². The molecule has 5 rings (SSSR count). The third-order valence-electron chi connectivity index (χ3n) is 7.39. The summed E-state index contributed by atoms with van der Waals surface area (Å²) in [5, 5.41) is 16.1. The molecule has 3 atom stereocenters. The molecule has 0 saturated carbocycles. The Bertz CT molecular complexity index is 1550. The van der Waals surface area contributed by atoms with Crippen molar-refractivity contribution >= 4 is 46.7 Å². The summed E-state index contributed by atoms with van der Waals surface area (Å²) in [5.41, 5.74) is -0.913. The van der Waals surface area contributed by atoms with Gasteiger partial charge in [-0.2, -0.15) is 0 Å². The first-order valence-corrected chi connectivity index (χ1v) is 12.8. The maximum atomic E-state index is 14.6. The Morgan fingerprint density at radius 2 is 1.87 bits per heavy atom. The maximum Gasteiger partial charge on any atom is 0.347 e. The largest absolute Gasteiger partial charge is 0.478 e. The molecule has 2 aliphatic heterocycles. The van der Waals surface area contributed by atoms with Gasteiger partial charge in [0.1, 0.15) is 11.2 Å². The third kappa shape index (κ3) is 4.39. The van der Waals surface area contributed by atoms with Gasteiger partial charge in [0.05, 0.1) is 11.1 Å². The quantitative estimate of drug-likeness (QED) is 0.382. The smallest absolute Gasteiger partial charge is 0.347 e. The normalized spacial score (nSPS) is 22.3. The van der Waals surface area contributed by atoms with E-state index in [2.05, 4.69) is 15.6 Å². The lowest BCUT2D eigenvalue weighted by Gasteiger charge is -2.47. The summed E-state index contributed by atoms with van der Waals surface area (Å²) in [4.78, 5) is 43.6. The van der Waals surface area contributed by atoms with Gasteiger partial charge in [0, 0.05) is 34.8 Å². The van der Waals surface area contributed by atoms with E-state index < -0.39 is 46.6 Å². The molecule has 1 saturated heterocycles. The molecule has 2 aromatic carbocycles. The van der Waals surface area contributed by atoms with Gasteiger partial charge in [0.25, 0.3) is 0 Å². The zero-order chi connectivity index (χ0) is 28.3. The number of ether oxygens (including phenoxy) is 1. The van der Waals surface area contributed by atoms with Crippen LogP contribution in [0.2, 0.25) is 10.0 Å². The highest BCUT2D eigenvalue weighted by Gasteiger charge is 2.62. The third-order valence-corrected chi connectivity index (χ3v) is 7.83. The molecule has 39 heavy (non-hydrogen) atoms. The number of hydrogen-bond acceptors (Lipinski definition) is 5.